The summed E-state index contributed by atoms with van der Waals surface area (Å²) < 4.78 is 0. The van der Waals surface area contributed by atoms with E-state index in [4.69, 9.17) is 23.2 Å². The molecule has 2 unspecified atom stereocenters. The van der Waals surface area contributed by atoms with Crippen molar-refractivity contribution < 1.29 is 19.2 Å². The van der Waals surface area contributed by atoms with Crippen LogP contribution < -0.4 is 10.6 Å². The fraction of sp³-hybridized carbons (Fsp3) is 0.412. The van der Waals surface area contributed by atoms with Crippen molar-refractivity contribution in [3.05, 3.63) is 28.2 Å². The largest absolute Gasteiger partial charge is 0.331 e. The van der Waals surface area contributed by atoms with Crippen molar-refractivity contribution in [1.29, 1.82) is 0 Å². The molecule has 2 aliphatic rings. The van der Waals surface area contributed by atoms with Gasteiger partial charge < -0.3 is 10.2 Å². The quantitative estimate of drug-likeness (QED) is 0.759. The average molecular weight is 398 g/mol. The topological polar surface area (TPSA) is 95.6 Å². The molecule has 9 heteroatoms. The summed E-state index contributed by atoms with van der Waals surface area (Å²) in [4.78, 5) is 49.5. The minimum absolute atomic E-state index is 0.00734. The molecular weight excluding hydrogens is 381 g/mol. The van der Waals surface area contributed by atoms with Gasteiger partial charge in [-0.1, -0.05) is 23.2 Å². The lowest BCUT2D eigenvalue weighted by molar-refractivity contribution is -0.139. The Morgan fingerprint density at radius 3 is 2.73 bits per heavy atom. The smallest absolute Gasteiger partial charge is 0.247 e. The zero-order valence-electron chi connectivity index (χ0n) is 13.8. The van der Waals surface area contributed by atoms with Gasteiger partial charge in [0.15, 0.2) is 0 Å². The van der Waals surface area contributed by atoms with Crippen LogP contribution in [0.3, 0.4) is 0 Å². The van der Waals surface area contributed by atoms with E-state index >= 15 is 0 Å². The molecule has 0 aliphatic carbocycles. The Morgan fingerprint density at radius 2 is 2.04 bits per heavy atom. The van der Waals surface area contributed by atoms with E-state index < -0.39 is 17.9 Å². The number of benzene rings is 1. The molecule has 1 aromatic carbocycles. The van der Waals surface area contributed by atoms with Crippen LogP contribution >= 0.6 is 23.2 Å². The fourth-order valence-corrected chi connectivity index (χ4v) is 3.58. The van der Waals surface area contributed by atoms with Crippen LogP contribution in [0.2, 0.25) is 10.0 Å². The lowest BCUT2D eigenvalue weighted by atomic mass is 10.0. The maximum atomic E-state index is 12.6. The molecule has 1 aromatic rings. The third-order valence-electron chi connectivity index (χ3n) is 4.55. The maximum Gasteiger partial charge on any atom is 0.247 e. The van der Waals surface area contributed by atoms with Gasteiger partial charge in [0.2, 0.25) is 23.6 Å². The van der Waals surface area contributed by atoms with Gasteiger partial charge in [-0.15, -0.1) is 0 Å². The first-order valence-electron chi connectivity index (χ1n) is 8.24. The van der Waals surface area contributed by atoms with Gasteiger partial charge in [-0.25, -0.2) is 0 Å². The van der Waals surface area contributed by atoms with Gasteiger partial charge >= 0.3 is 0 Å². The van der Waals surface area contributed by atoms with Crippen LogP contribution in [0.1, 0.15) is 25.7 Å². The number of hydrogen-bond acceptors (Lipinski definition) is 4. The molecule has 4 amide bonds. The van der Waals surface area contributed by atoms with E-state index in [-0.39, 0.29) is 30.6 Å². The Balaban J connectivity index is 1.66. The normalized spacial score (nSPS) is 22.5. The standard InChI is InChI=1S/C17H17Cl2N3O4/c18-10-3-4-11(19)12(8-10)20-17(26)13-2-1-5-22(13)15(24)7-9-6-14(23)21-16(9)25/h3-4,8-9,13H,1-2,5-7H2,(H,20,26)(H,21,23,25). The third-order valence-corrected chi connectivity index (χ3v) is 5.11. The second-order valence-corrected chi connectivity index (χ2v) is 7.22. The van der Waals surface area contributed by atoms with E-state index in [0.29, 0.717) is 35.1 Å². The van der Waals surface area contributed by atoms with E-state index in [1.54, 1.807) is 12.1 Å². The number of imide groups is 1. The van der Waals surface area contributed by atoms with Crippen LogP contribution in [0.15, 0.2) is 18.2 Å². The maximum absolute atomic E-state index is 12.6. The van der Waals surface area contributed by atoms with Crippen molar-refractivity contribution in [2.24, 2.45) is 5.92 Å². The zero-order valence-corrected chi connectivity index (χ0v) is 15.3. The highest BCUT2D eigenvalue weighted by molar-refractivity contribution is 6.35. The monoisotopic (exact) mass is 397 g/mol. The Bertz CT molecular complexity index is 783. The first-order chi connectivity index (χ1) is 12.3. The van der Waals surface area contributed by atoms with Crippen LogP contribution in [0.5, 0.6) is 0 Å². The molecule has 0 bridgehead atoms. The predicted molar refractivity (Wildman–Crippen MR) is 95.7 cm³/mol. The summed E-state index contributed by atoms with van der Waals surface area (Å²) in [6.45, 7) is 0.433. The number of halogens is 2. The molecule has 2 heterocycles. The van der Waals surface area contributed by atoms with Crippen molar-refractivity contribution in [2.75, 3.05) is 11.9 Å². The molecule has 138 valence electrons. The molecule has 2 fully saturated rings. The van der Waals surface area contributed by atoms with Gasteiger partial charge in [-0.2, -0.15) is 0 Å². The van der Waals surface area contributed by atoms with Gasteiger partial charge in [0, 0.05) is 24.4 Å². The number of rotatable bonds is 4. The number of amides is 4. The van der Waals surface area contributed by atoms with Crippen molar-refractivity contribution in [2.45, 2.75) is 31.7 Å². The van der Waals surface area contributed by atoms with Crippen LogP contribution in [0, 0.1) is 5.92 Å². The van der Waals surface area contributed by atoms with Gasteiger partial charge in [-0.3, -0.25) is 24.5 Å². The first kappa shape index (κ1) is 18.7. The number of nitrogens with zero attached hydrogens (tertiary/aromatic N) is 1. The second kappa shape index (κ2) is 7.63. The first-order valence-corrected chi connectivity index (χ1v) is 9.00. The van der Waals surface area contributed by atoms with Gasteiger partial charge in [0.25, 0.3) is 0 Å². The second-order valence-electron chi connectivity index (χ2n) is 6.38. The van der Waals surface area contributed by atoms with Gasteiger partial charge in [0.1, 0.15) is 6.04 Å². The van der Waals surface area contributed by atoms with Gasteiger partial charge in [0.05, 0.1) is 16.6 Å². The molecule has 2 saturated heterocycles. The summed E-state index contributed by atoms with van der Waals surface area (Å²) in [7, 11) is 0. The van der Waals surface area contributed by atoms with Crippen molar-refractivity contribution in [3.8, 4) is 0 Å². The van der Waals surface area contributed by atoms with Crippen LogP contribution in [-0.4, -0.2) is 41.1 Å². The van der Waals surface area contributed by atoms with Crippen molar-refractivity contribution in [3.63, 3.8) is 0 Å². The van der Waals surface area contributed by atoms with E-state index in [1.807, 2.05) is 0 Å². The highest BCUT2D eigenvalue weighted by Gasteiger charge is 2.38. The van der Waals surface area contributed by atoms with Crippen molar-refractivity contribution in [1.82, 2.24) is 10.2 Å². The minimum atomic E-state index is -0.665. The Hall–Kier alpha value is -2.12. The minimum Gasteiger partial charge on any atom is -0.331 e. The van der Waals surface area contributed by atoms with E-state index in [9.17, 15) is 19.2 Å². The molecule has 0 radical (unpaired) electrons. The molecule has 7 nitrogen and oxygen atoms in total. The Labute approximate surface area is 160 Å². The molecule has 26 heavy (non-hydrogen) atoms. The average Bonchev–Trinajstić information content (AvgIpc) is 3.18. The summed E-state index contributed by atoms with van der Waals surface area (Å²) in [5.74, 6) is -2.14. The van der Waals surface area contributed by atoms with Crippen LogP contribution in [0.25, 0.3) is 0 Å². The molecule has 0 spiro atoms. The van der Waals surface area contributed by atoms with E-state index in [2.05, 4.69) is 10.6 Å². The highest BCUT2D eigenvalue weighted by atomic mass is 35.5. The Kier molecular flexibility index (Phi) is 5.48. The summed E-state index contributed by atoms with van der Waals surface area (Å²) in [6.07, 6.45) is 1.13. The third kappa shape index (κ3) is 3.99. The lowest BCUT2D eigenvalue weighted by Crippen LogP contribution is -2.44. The number of carbonyl (C=O) groups is 4. The summed E-state index contributed by atoms with van der Waals surface area (Å²) in [5.41, 5.74) is 0.379. The van der Waals surface area contributed by atoms with Crippen molar-refractivity contribution >= 4 is 52.5 Å². The highest BCUT2D eigenvalue weighted by Crippen LogP contribution is 2.28. The van der Waals surface area contributed by atoms with Crippen LogP contribution in [0.4, 0.5) is 5.69 Å². The summed E-state index contributed by atoms with van der Waals surface area (Å²) >= 11 is 12.0. The fourth-order valence-electron chi connectivity index (χ4n) is 3.25. The number of nitrogens with one attached hydrogen (secondary N) is 2. The SMILES string of the molecule is O=C1CC(CC(=O)N2CCCC2C(=O)Nc2cc(Cl)ccc2Cl)C(=O)N1. The molecule has 0 saturated carbocycles. The molecule has 0 aromatic heterocycles. The summed E-state index contributed by atoms with van der Waals surface area (Å²) in [6, 6.07) is 4.08. The number of anilines is 1. The van der Waals surface area contributed by atoms with E-state index in [1.165, 1.54) is 11.0 Å². The molecular formula is C17H17Cl2N3O4. The lowest BCUT2D eigenvalue weighted by Gasteiger charge is -2.25. The summed E-state index contributed by atoms with van der Waals surface area (Å²) in [5, 5.41) is 5.67. The predicted octanol–water partition coefficient (Wildman–Crippen LogP) is 1.98. The molecule has 2 aliphatic heterocycles. The molecule has 2 atom stereocenters. The molecule has 2 N–H and O–H groups in total. The Morgan fingerprint density at radius 1 is 1.27 bits per heavy atom. The number of likely N-dealkylation sites (tertiary alicyclic amines) is 1. The molecule has 3 rings (SSSR count). The van der Waals surface area contributed by atoms with Gasteiger partial charge in [-0.05, 0) is 31.0 Å². The van der Waals surface area contributed by atoms with E-state index in [0.717, 1.165) is 0 Å². The van der Waals surface area contributed by atoms with Crippen LogP contribution in [-0.2, 0) is 19.2 Å². The number of hydrogen-bond donors (Lipinski definition) is 2. The zero-order chi connectivity index (χ0) is 18.8. The number of carbonyl (C=O) groups excluding carboxylic acids is 4.